The average molecular weight is 247 g/mol. The minimum Gasteiger partial charge on any atom is -0.326 e. The van der Waals surface area contributed by atoms with Gasteiger partial charge >= 0.3 is 0 Å². The highest BCUT2D eigenvalue weighted by Gasteiger charge is 2.15. The molecule has 0 saturated heterocycles. The number of hydrogen-bond acceptors (Lipinski definition) is 2. The second-order valence-corrected chi connectivity index (χ2v) is 4.48. The summed E-state index contributed by atoms with van der Waals surface area (Å²) in [5.41, 5.74) is 1.27. The number of carbonyl (C=O) groups excluding carboxylic acids is 2. The molecule has 0 radical (unpaired) electrons. The first kappa shape index (κ1) is 14.4. The zero-order valence-electron chi connectivity index (χ0n) is 11.1. The van der Waals surface area contributed by atoms with Crippen LogP contribution in [0.15, 0.2) is 24.3 Å². The second-order valence-electron chi connectivity index (χ2n) is 4.48. The number of carbonyl (C=O) groups is 2. The third kappa shape index (κ3) is 4.32. The van der Waals surface area contributed by atoms with Crippen LogP contribution in [0.3, 0.4) is 0 Å². The molecular formula is C15H21NO2. The Morgan fingerprint density at radius 3 is 2.78 bits per heavy atom. The lowest BCUT2D eigenvalue weighted by molar-refractivity contribution is -0.120. The van der Waals surface area contributed by atoms with Crippen LogP contribution in [0.4, 0.5) is 5.69 Å². The largest absolute Gasteiger partial charge is 0.326 e. The zero-order valence-corrected chi connectivity index (χ0v) is 11.1. The molecule has 1 N–H and O–H groups in total. The number of nitrogens with one attached hydrogen (secondary N) is 1. The van der Waals surface area contributed by atoms with Gasteiger partial charge in [0, 0.05) is 17.2 Å². The Labute approximate surface area is 109 Å². The minimum absolute atomic E-state index is 0.0500. The van der Waals surface area contributed by atoms with E-state index < -0.39 is 0 Å². The van der Waals surface area contributed by atoms with Crippen LogP contribution in [0.5, 0.6) is 0 Å². The first-order chi connectivity index (χ1) is 8.71. The monoisotopic (exact) mass is 247 g/mol. The number of anilines is 1. The first-order valence-corrected chi connectivity index (χ1v) is 6.57. The summed E-state index contributed by atoms with van der Waals surface area (Å²) in [4.78, 5) is 22.7. The molecule has 0 heterocycles. The van der Waals surface area contributed by atoms with E-state index in [1.807, 2.05) is 6.92 Å². The molecule has 1 aromatic carbocycles. The van der Waals surface area contributed by atoms with Gasteiger partial charge in [-0.1, -0.05) is 38.8 Å². The van der Waals surface area contributed by atoms with Crippen molar-refractivity contribution >= 4 is 17.9 Å². The summed E-state index contributed by atoms with van der Waals surface area (Å²) >= 11 is 0. The van der Waals surface area contributed by atoms with Crippen LogP contribution in [-0.4, -0.2) is 12.2 Å². The average Bonchev–Trinajstić information content (AvgIpc) is 2.40. The smallest absolute Gasteiger partial charge is 0.227 e. The van der Waals surface area contributed by atoms with Crippen molar-refractivity contribution in [2.24, 2.45) is 5.92 Å². The highest BCUT2D eigenvalue weighted by atomic mass is 16.1. The minimum atomic E-state index is 0.0500. The quantitative estimate of drug-likeness (QED) is 0.747. The van der Waals surface area contributed by atoms with E-state index in [0.29, 0.717) is 11.3 Å². The van der Waals surface area contributed by atoms with Crippen molar-refractivity contribution < 1.29 is 9.59 Å². The molecule has 0 aliphatic rings. The summed E-state index contributed by atoms with van der Waals surface area (Å²) in [6.07, 6.45) is 4.72. The van der Waals surface area contributed by atoms with Crippen molar-refractivity contribution in [3.63, 3.8) is 0 Å². The number of benzene rings is 1. The summed E-state index contributed by atoms with van der Waals surface area (Å²) in [7, 11) is 0. The standard InChI is InChI=1S/C15H21NO2/c1-3-5-8-13(4-2)15(18)16-14-9-6-7-12(10-14)11-17/h6-7,9-11,13H,3-5,8H2,1-2H3,(H,16,18). The van der Waals surface area contributed by atoms with Crippen LogP contribution in [0, 0.1) is 5.92 Å². The fraction of sp³-hybridized carbons (Fsp3) is 0.467. The molecule has 3 nitrogen and oxygen atoms in total. The fourth-order valence-electron chi connectivity index (χ4n) is 1.91. The molecule has 98 valence electrons. The van der Waals surface area contributed by atoms with Crippen LogP contribution in [0.1, 0.15) is 49.9 Å². The first-order valence-electron chi connectivity index (χ1n) is 6.57. The van der Waals surface area contributed by atoms with Crippen molar-refractivity contribution in [3.8, 4) is 0 Å². The molecule has 1 amide bonds. The highest BCUT2D eigenvalue weighted by Crippen LogP contribution is 2.16. The fourth-order valence-corrected chi connectivity index (χ4v) is 1.91. The molecule has 1 unspecified atom stereocenters. The molecule has 0 bridgehead atoms. The number of hydrogen-bond donors (Lipinski definition) is 1. The van der Waals surface area contributed by atoms with Crippen LogP contribution >= 0.6 is 0 Å². The summed E-state index contributed by atoms with van der Waals surface area (Å²) in [6, 6.07) is 6.98. The molecule has 0 aromatic heterocycles. The van der Waals surface area contributed by atoms with Crippen LogP contribution < -0.4 is 5.32 Å². The van der Waals surface area contributed by atoms with E-state index in [-0.39, 0.29) is 11.8 Å². The summed E-state index contributed by atoms with van der Waals surface area (Å²) < 4.78 is 0. The summed E-state index contributed by atoms with van der Waals surface area (Å²) in [5, 5.41) is 2.88. The number of unbranched alkanes of at least 4 members (excludes halogenated alkanes) is 1. The van der Waals surface area contributed by atoms with Gasteiger partial charge in [0.15, 0.2) is 0 Å². The molecule has 1 aromatic rings. The van der Waals surface area contributed by atoms with Crippen LogP contribution in [0.25, 0.3) is 0 Å². The van der Waals surface area contributed by atoms with Crippen molar-refractivity contribution in [2.45, 2.75) is 39.5 Å². The summed E-state index contributed by atoms with van der Waals surface area (Å²) in [6.45, 7) is 4.15. The van der Waals surface area contributed by atoms with E-state index in [2.05, 4.69) is 12.2 Å². The van der Waals surface area contributed by atoms with E-state index >= 15 is 0 Å². The predicted octanol–water partition coefficient (Wildman–Crippen LogP) is 3.65. The normalized spacial score (nSPS) is 11.9. The van der Waals surface area contributed by atoms with Crippen molar-refractivity contribution in [3.05, 3.63) is 29.8 Å². The third-order valence-electron chi connectivity index (χ3n) is 3.06. The van der Waals surface area contributed by atoms with E-state index in [0.717, 1.165) is 32.0 Å². The second kappa shape index (κ2) is 7.64. The van der Waals surface area contributed by atoms with Gasteiger partial charge in [-0.15, -0.1) is 0 Å². The van der Waals surface area contributed by atoms with Crippen molar-refractivity contribution in [1.82, 2.24) is 0 Å². The van der Waals surface area contributed by atoms with Gasteiger partial charge in [0.2, 0.25) is 5.91 Å². The van der Waals surface area contributed by atoms with Gasteiger partial charge < -0.3 is 5.32 Å². The van der Waals surface area contributed by atoms with Gasteiger partial charge in [-0.3, -0.25) is 9.59 Å². The Balaban J connectivity index is 2.63. The number of rotatable bonds is 7. The molecule has 0 aliphatic carbocycles. The maximum Gasteiger partial charge on any atom is 0.227 e. The van der Waals surface area contributed by atoms with Crippen molar-refractivity contribution in [2.75, 3.05) is 5.32 Å². The molecular weight excluding hydrogens is 226 g/mol. The van der Waals surface area contributed by atoms with Gasteiger partial charge in [0.05, 0.1) is 0 Å². The van der Waals surface area contributed by atoms with Crippen molar-refractivity contribution in [1.29, 1.82) is 0 Å². The maximum absolute atomic E-state index is 12.0. The Morgan fingerprint density at radius 1 is 1.39 bits per heavy atom. The van der Waals surface area contributed by atoms with E-state index in [1.54, 1.807) is 24.3 Å². The lowest BCUT2D eigenvalue weighted by atomic mass is 9.98. The van der Waals surface area contributed by atoms with Gasteiger partial charge in [0.25, 0.3) is 0 Å². The molecule has 0 aliphatic heterocycles. The topological polar surface area (TPSA) is 46.2 Å². The summed E-state index contributed by atoms with van der Waals surface area (Å²) in [5.74, 6) is 0.110. The van der Waals surface area contributed by atoms with Gasteiger partial charge in [-0.25, -0.2) is 0 Å². The van der Waals surface area contributed by atoms with Gasteiger partial charge in [0.1, 0.15) is 6.29 Å². The molecule has 0 spiro atoms. The molecule has 0 fully saturated rings. The Morgan fingerprint density at radius 2 is 2.17 bits per heavy atom. The zero-order chi connectivity index (χ0) is 13.4. The highest BCUT2D eigenvalue weighted by molar-refractivity contribution is 5.93. The molecule has 1 atom stereocenters. The van der Waals surface area contributed by atoms with E-state index in [1.165, 1.54) is 0 Å². The predicted molar refractivity (Wildman–Crippen MR) is 73.8 cm³/mol. The number of amides is 1. The van der Waals surface area contributed by atoms with Crippen LogP contribution in [0.2, 0.25) is 0 Å². The lowest BCUT2D eigenvalue weighted by Crippen LogP contribution is -2.22. The molecule has 1 rings (SSSR count). The molecule has 18 heavy (non-hydrogen) atoms. The number of aldehydes is 1. The SMILES string of the molecule is CCCCC(CC)C(=O)Nc1cccc(C=O)c1. The van der Waals surface area contributed by atoms with Gasteiger partial charge in [-0.05, 0) is 25.0 Å². The molecule has 3 heteroatoms. The maximum atomic E-state index is 12.0. The lowest BCUT2D eigenvalue weighted by Gasteiger charge is -2.14. The van der Waals surface area contributed by atoms with Crippen LogP contribution in [-0.2, 0) is 4.79 Å². The van der Waals surface area contributed by atoms with Gasteiger partial charge in [-0.2, -0.15) is 0 Å². The van der Waals surface area contributed by atoms with E-state index in [4.69, 9.17) is 0 Å². The Bertz CT molecular complexity index is 401. The Kier molecular flexibility index (Phi) is 6.12. The third-order valence-corrected chi connectivity index (χ3v) is 3.06. The van der Waals surface area contributed by atoms with E-state index in [9.17, 15) is 9.59 Å². The Hall–Kier alpha value is -1.64. The molecule has 0 saturated carbocycles.